The van der Waals surface area contributed by atoms with E-state index in [1.807, 2.05) is 19.1 Å². The molecule has 0 aliphatic heterocycles. The van der Waals surface area contributed by atoms with Gasteiger partial charge in [-0.05, 0) is 25.0 Å². The van der Waals surface area contributed by atoms with Crippen LogP contribution in [-0.2, 0) is 0 Å². The van der Waals surface area contributed by atoms with Gasteiger partial charge >= 0.3 is 0 Å². The number of pyridine rings is 1. The lowest BCUT2D eigenvalue weighted by Crippen LogP contribution is -2.28. The summed E-state index contributed by atoms with van der Waals surface area (Å²) < 4.78 is 0. The summed E-state index contributed by atoms with van der Waals surface area (Å²) in [5.41, 5.74) is 1.85. The van der Waals surface area contributed by atoms with Gasteiger partial charge in [-0.3, -0.25) is 4.98 Å². The normalized spacial score (nSPS) is 34.2. The van der Waals surface area contributed by atoms with Crippen LogP contribution < -0.4 is 0 Å². The van der Waals surface area contributed by atoms with Crippen LogP contribution in [0.3, 0.4) is 0 Å². The molecule has 3 N–H and O–H groups in total. The Kier molecular flexibility index (Phi) is 3.23. The Labute approximate surface area is 94.6 Å². The lowest BCUT2D eigenvalue weighted by atomic mass is 9.96. The number of hydrogen-bond donors (Lipinski definition) is 3. The molecule has 0 saturated heterocycles. The van der Waals surface area contributed by atoms with Crippen LogP contribution in [0.25, 0.3) is 0 Å². The quantitative estimate of drug-likeness (QED) is 0.670. The van der Waals surface area contributed by atoms with Gasteiger partial charge in [0.25, 0.3) is 0 Å². The topological polar surface area (TPSA) is 73.6 Å². The summed E-state index contributed by atoms with van der Waals surface area (Å²) in [4.78, 5) is 4.18. The first-order valence-electron chi connectivity index (χ1n) is 5.53. The minimum absolute atomic E-state index is 0.0893. The van der Waals surface area contributed by atoms with Crippen LogP contribution in [0.1, 0.15) is 23.6 Å². The Morgan fingerprint density at radius 2 is 2.06 bits per heavy atom. The maximum atomic E-state index is 9.89. The van der Waals surface area contributed by atoms with Crippen LogP contribution in [0.2, 0.25) is 0 Å². The van der Waals surface area contributed by atoms with E-state index in [0.717, 1.165) is 11.3 Å². The second kappa shape index (κ2) is 4.49. The zero-order valence-corrected chi connectivity index (χ0v) is 9.24. The molecule has 0 bridgehead atoms. The van der Waals surface area contributed by atoms with Gasteiger partial charge in [-0.15, -0.1) is 0 Å². The van der Waals surface area contributed by atoms with Crippen molar-refractivity contribution < 1.29 is 15.3 Å². The van der Waals surface area contributed by atoms with Crippen LogP contribution in [0.4, 0.5) is 0 Å². The number of aromatic nitrogens is 1. The van der Waals surface area contributed by atoms with Gasteiger partial charge in [0.05, 0.1) is 12.2 Å². The first-order valence-corrected chi connectivity index (χ1v) is 5.53. The van der Waals surface area contributed by atoms with E-state index < -0.39 is 12.2 Å². The van der Waals surface area contributed by atoms with Crippen molar-refractivity contribution in [2.24, 2.45) is 5.92 Å². The molecule has 1 aliphatic carbocycles. The standard InChI is InChI=1S/C12H17NO3/c1-7-2-3-8(5-13-7)10-4-9(6-14)11(15)12(10)16/h2-3,5,9-12,14-16H,4,6H2,1H3/t9-,10+,11-,12+/m1/s1. The predicted molar refractivity (Wildman–Crippen MR) is 58.9 cm³/mol. The molecule has 4 nitrogen and oxygen atoms in total. The van der Waals surface area contributed by atoms with Crippen molar-refractivity contribution >= 4 is 0 Å². The lowest BCUT2D eigenvalue weighted by molar-refractivity contribution is 0.00229. The molecular formula is C12H17NO3. The summed E-state index contributed by atoms with van der Waals surface area (Å²) in [5.74, 6) is -0.360. The van der Waals surface area contributed by atoms with Gasteiger partial charge in [-0.2, -0.15) is 0 Å². The van der Waals surface area contributed by atoms with E-state index in [1.54, 1.807) is 6.20 Å². The van der Waals surface area contributed by atoms with Gasteiger partial charge in [0, 0.05) is 30.3 Å². The van der Waals surface area contributed by atoms with Crippen LogP contribution >= 0.6 is 0 Å². The van der Waals surface area contributed by atoms with Gasteiger partial charge in [-0.25, -0.2) is 0 Å². The molecule has 0 spiro atoms. The maximum absolute atomic E-state index is 9.89. The van der Waals surface area contributed by atoms with Gasteiger partial charge in [-0.1, -0.05) is 6.07 Å². The molecule has 1 aromatic rings. The summed E-state index contributed by atoms with van der Waals surface area (Å²) >= 11 is 0. The minimum Gasteiger partial charge on any atom is -0.396 e. The Balaban J connectivity index is 2.19. The highest BCUT2D eigenvalue weighted by Crippen LogP contribution is 2.38. The fraction of sp³-hybridized carbons (Fsp3) is 0.583. The molecule has 0 amide bonds. The second-order valence-corrected chi connectivity index (χ2v) is 4.50. The molecule has 0 radical (unpaired) electrons. The van der Waals surface area contributed by atoms with Gasteiger partial charge in [0.1, 0.15) is 0 Å². The smallest absolute Gasteiger partial charge is 0.0871 e. The van der Waals surface area contributed by atoms with Gasteiger partial charge in [0.2, 0.25) is 0 Å². The van der Waals surface area contributed by atoms with Crippen LogP contribution in [-0.4, -0.2) is 39.1 Å². The van der Waals surface area contributed by atoms with Crippen molar-refractivity contribution in [1.82, 2.24) is 4.98 Å². The lowest BCUT2D eigenvalue weighted by Gasteiger charge is -2.16. The SMILES string of the molecule is Cc1ccc([C@@H]2C[C@H](CO)[C@@H](O)[C@H]2O)cn1. The number of rotatable bonds is 2. The molecule has 88 valence electrons. The number of nitrogens with zero attached hydrogens (tertiary/aromatic N) is 1. The van der Waals surface area contributed by atoms with Gasteiger partial charge < -0.3 is 15.3 Å². The highest BCUT2D eigenvalue weighted by Gasteiger charge is 2.41. The second-order valence-electron chi connectivity index (χ2n) is 4.50. The molecular weight excluding hydrogens is 206 g/mol. The van der Waals surface area contributed by atoms with Crippen LogP contribution in [0.5, 0.6) is 0 Å². The van der Waals surface area contributed by atoms with E-state index in [9.17, 15) is 10.2 Å². The fourth-order valence-corrected chi connectivity index (χ4v) is 2.34. The molecule has 0 unspecified atom stereocenters. The molecule has 4 atom stereocenters. The summed E-state index contributed by atoms with van der Waals surface area (Å²) in [6.45, 7) is 1.81. The van der Waals surface area contributed by atoms with Crippen LogP contribution in [0.15, 0.2) is 18.3 Å². The average molecular weight is 223 g/mol. The predicted octanol–water partition coefficient (Wildman–Crippen LogP) is 0.208. The number of aliphatic hydroxyl groups is 3. The van der Waals surface area contributed by atoms with Crippen molar-refractivity contribution in [2.75, 3.05) is 6.61 Å². The Bertz CT molecular complexity index is 352. The first-order chi connectivity index (χ1) is 7.63. The van der Waals surface area contributed by atoms with Crippen molar-refractivity contribution in [3.63, 3.8) is 0 Å². The molecule has 1 heterocycles. The molecule has 1 saturated carbocycles. The zero-order valence-electron chi connectivity index (χ0n) is 9.24. The molecule has 1 aromatic heterocycles. The third kappa shape index (κ3) is 1.96. The van der Waals surface area contributed by atoms with E-state index in [2.05, 4.69) is 4.98 Å². The molecule has 16 heavy (non-hydrogen) atoms. The minimum atomic E-state index is -0.837. The van der Waals surface area contributed by atoms with Crippen molar-refractivity contribution in [1.29, 1.82) is 0 Å². The first kappa shape index (κ1) is 11.5. The maximum Gasteiger partial charge on any atom is 0.0871 e. The van der Waals surface area contributed by atoms with E-state index in [0.29, 0.717) is 6.42 Å². The Hall–Kier alpha value is -0.970. The largest absolute Gasteiger partial charge is 0.396 e. The average Bonchev–Trinajstić information content (AvgIpc) is 2.57. The Morgan fingerprint density at radius 1 is 1.31 bits per heavy atom. The highest BCUT2D eigenvalue weighted by molar-refractivity contribution is 5.22. The Morgan fingerprint density at radius 3 is 2.56 bits per heavy atom. The number of hydrogen-bond acceptors (Lipinski definition) is 4. The van der Waals surface area contributed by atoms with E-state index in [1.165, 1.54) is 0 Å². The van der Waals surface area contributed by atoms with Crippen LogP contribution in [0, 0.1) is 12.8 Å². The number of aliphatic hydroxyl groups excluding tert-OH is 3. The fourth-order valence-electron chi connectivity index (χ4n) is 2.34. The molecule has 0 aromatic carbocycles. The van der Waals surface area contributed by atoms with Gasteiger partial charge in [0.15, 0.2) is 0 Å². The van der Waals surface area contributed by atoms with Crippen molar-refractivity contribution in [3.8, 4) is 0 Å². The van der Waals surface area contributed by atoms with E-state index in [4.69, 9.17) is 5.11 Å². The molecule has 1 aliphatic rings. The van der Waals surface area contributed by atoms with Crippen molar-refractivity contribution in [2.45, 2.75) is 31.5 Å². The number of aryl methyl sites for hydroxylation is 1. The summed E-state index contributed by atoms with van der Waals surface area (Å²) in [7, 11) is 0. The van der Waals surface area contributed by atoms with E-state index >= 15 is 0 Å². The van der Waals surface area contributed by atoms with Crippen molar-refractivity contribution in [3.05, 3.63) is 29.6 Å². The highest BCUT2D eigenvalue weighted by atomic mass is 16.3. The summed E-state index contributed by atoms with van der Waals surface area (Å²) in [5, 5.41) is 28.7. The zero-order chi connectivity index (χ0) is 11.7. The molecule has 2 rings (SSSR count). The summed E-state index contributed by atoms with van der Waals surface area (Å²) in [6, 6.07) is 3.81. The summed E-state index contributed by atoms with van der Waals surface area (Å²) in [6.07, 6.45) is 0.692. The third-order valence-electron chi connectivity index (χ3n) is 3.40. The van der Waals surface area contributed by atoms with E-state index in [-0.39, 0.29) is 18.4 Å². The monoisotopic (exact) mass is 223 g/mol. The molecule has 1 fully saturated rings. The molecule has 4 heteroatoms. The third-order valence-corrected chi connectivity index (χ3v) is 3.40.